The van der Waals surface area contributed by atoms with Crippen molar-refractivity contribution in [3.8, 4) is 11.5 Å². The van der Waals surface area contributed by atoms with Crippen LogP contribution in [0, 0.1) is 0 Å². The smallest absolute Gasteiger partial charge is 0.264 e. The molecule has 0 radical (unpaired) electrons. The number of rotatable bonds is 6. The third kappa shape index (κ3) is 4.58. The van der Waals surface area contributed by atoms with Gasteiger partial charge in [0.15, 0.2) is 11.5 Å². The molecule has 2 aromatic carbocycles. The van der Waals surface area contributed by atoms with Gasteiger partial charge in [-0.15, -0.1) is 0 Å². The van der Waals surface area contributed by atoms with Crippen molar-refractivity contribution in [3.63, 3.8) is 0 Å². The first kappa shape index (κ1) is 20.6. The number of nitrogens with one attached hydrogen (secondary N) is 1. The molecule has 9 heteroatoms. The molecule has 1 N–H and O–H groups in total. The van der Waals surface area contributed by atoms with E-state index in [9.17, 15) is 13.2 Å². The second-order valence-electron chi connectivity index (χ2n) is 7.07. The summed E-state index contributed by atoms with van der Waals surface area (Å²) in [5, 5.41) is 2.84. The van der Waals surface area contributed by atoms with Crippen molar-refractivity contribution in [3.05, 3.63) is 54.1 Å². The molecule has 4 rings (SSSR count). The van der Waals surface area contributed by atoms with Crippen LogP contribution in [-0.2, 0) is 26.0 Å². The van der Waals surface area contributed by atoms with Gasteiger partial charge in [0, 0.05) is 19.6 Å². The molecule has 8 nitrogen and oxygen atoms in total. The number of sulfonamides is 1. The molecule has 0 spiro atoms. The molecule has 2 aromatic rings. The lowest BCUT2D eigenvalue weighted by Crippen LogP contribution is -2.44. The SMILES string of the molecule is O=C(NCCc1ccc(S(=O)(=O)N2CCOCC2)cc1)C1COc2ccccc2O1. The minimum Gasteiger partial charge on any atom is -0.485 e. The second-order valence-corrected chi connectivity index (χ2v) is 9.00. The number of para-hydroxylation sites is 2. The third-order valence-corrected chi connectivity index (χ3v) is 6.96. The predicted octanol–water partition coefficient (Wildman–Crippen LogP) is 1.21. The molecule has 0 saturated carbocycles. The molecule has 160 valence electrons. The van der Waals surface area contributed by atoms with Crippen LogP contribution in [0.25, 0.3) is 0 Å². The van der Waals surface area contributed by atoms with E-state index in [1.54, 1.807) is 36.4 Å². The average molecular weight is 432 g/mol. The number of amides is 1. The molecule has 2 heterocycles. The molecule has 1 saturated heterocycles. The van der Waals surface area contributed by atoms with E-state index in [0.717, 1.165) is 5.56 Å². The Hall–Kier alpha value is -2.62. The van der Waals surface area contributed by atoms with Crippen LogP contribution in [-0.4, -0.2) is 64.2 Å². The van der Waals surface area contributed by atoms with Crippen molar-refractivity contribution in [1.29, 1.82) is 0 Å². The summed E-state index contributed by atoms with van der Waals surface area (Å²) in [7, 11) is -3.50. The summed E-state index contributed by atoms with van der Waals surface area (Å²) >= 11 is 0. The second kappa shape index (κ2) is 9.03. The minimum absolute atomic E-state index is 0.164. The Morgan fingerprint density at radius 2 is 1.73 bits per heavy atom. The van der Waals surface area contributed by atoms with Gasteiger partial charge in [0.05, 0.1) is 18.1 Å². The number of morpholine rings is 1. The molecular weight excluding hydrogens is 408 g/mol. The maximum absolute atomic E-state index is 12.7. The number of fused-ring (bicyclic) bond motifs is 1. The highest BCUT2D eigenvalue weighted by atomic mass is 32.2. The van der Waals surface area contributed by atoms with Crippen molar-refractivity contribution >= 4 is 15.9 Å². The summed E-state index contributed by atoms with van der Waals surface area (Å²) < 4.78 is 43.2. The van der Waals surface area contributed by atoms with E-state index < -0.39 is 16.1 Å². The molecular formula is C21H24N2O6S. The van der Waals surface area contributed by atoms with Crippen LogP contribution < -0.4 is 14.8 Å². The van der Waals surface area contributed by atoms with E-state index in [-0.39, 0.29) is 17.4 Å². The normalized spacial score (nSPS) is 19.3. The number of nitrogens with zero attached hydrogens (tertiary/aromatic N) is 1. The first-order valence-electron chi connectivity index (χ1n) is 9.87. The van der Waals surface area contributed by atoms with Crippen LogP contribution in [0.15, 0.2) is 53.4 Å². The number of ether oxygens (including phenoxy) is 3. The van der Waals surface area contributed by atoms with E-state index in [1.807, 2.05) is 12.1 Å². The van der Waals surface area contributed by atoms with Gasteiger partial charge in [0.25, 0.3) is 5.91 Å². The Labute approximate surface area is 175 Å². The summed E-state index contributed by atoms with van der Waals surface area (Å²) in [6.45, 7) is 2.14. The molecule has 2 aliphatic rings. The van der Waals surface area contributed by atoms with Gasteiger partial charge in [-0.1, -0.05) is 24.3 Å². The van der Waals surface area contributed by atoms with Gasteiger partial charge in [-0.2, -0.15) is 4.31 Å². The fourth-order valence-corrected chi connectivity index (χ4v) is 4.76. The van der Waals surface area contributed by atoms with Crippen LogP contribution in [0.2, 0.25) is 0 Å². The molecule has 30 heavy (non-hydrogen) atoms. The van der Waals surface area contributed by atoms with Crippen molar-refractivity contribution in [2.45, 2.75) is 17.4 Å². The number of hydrogen-bond donors (Lipinski definition) is 1. The van der Waals surface area contributed by atoms with E-state index in [2.05, 4.69) is 5.32 Å². The summed E-state index contributed by atoms with van der Waals surface area (Å²) in [5.41, 5.74) is 0.933. The van der Waals surface area contributed by atoms with Crippen LogP contribution in [0.5, 0.6) is 11.5 Å². The van der Waals surface area contributed by atoms with Crippen LogP contribution in [0.4, 0.5) is 0 Å². The zero-order chi connectivity index (χ0) is 21.0. The summed E-state index contributed by atoms with van der Waals surface area (Å²) in [5.74, 6) is 0.950. The maximum atomic E-state index is 12.7. The van der Waals surface area contributed by atoms with E-state index in [4.69, 9.17) is 14.2 Å². The summed E-state index contributed by atoms with van der Waals surface area (Å²) in [4.78, 5) is 12.6. The van der Waals surface area contributed by atoms with Crippen molar-refractivity contribution in [2.75, 3.05) is 39.5 Å². The highest BCUT2D eigenvalue weighted by Crippen LogP contribution is 2.30. The standard InChI is InChI=1S/C21H24N2O6S/c24-21(20-15-28-18-3-1-2-4-19(18)29-20)22-10-9-16-5-7-17(8-6-16)30(25,26)23-11-13-27-14-12-23/h1-8,20H,9-15H2,(H,22,24). The van der Waals surface area contributed by atoms with E-state index in [1.165, 1.54) is 4.31 Å². The monoisotopic (exact) mass is 432 g/mol. The van der Waals surface area contributed by atoms with Crippen LogP contribution in [0.3, 0.4) is 0 Å². The first-order valence-corrected chi connectivity index (χ1v) is 11.3. The number of benzene rings is 2. The molecule has 1 atom stereocenters. The number of carbonyl (C=O) groups is 1. The molecule has 0 aromatic heterocycles. The van der Waals surface area contributed by atoms with Crippen LogP contribution >= 0.6 is 0 Å². The van der Waals surface area contributed by atoms with E-state index >= 15 is 0 Å². The molecule has 1 amide bonds. The quantitative estimate of drug-likeness (QED) is 0.737. The highest BCUT2D eigenvalue weighted by Gasteiger charge is 2.27. The topological polar surface area (TPSA) is 94.2 Å². The zero-order valence-electron chi connectivity index (χ0n) is 16.5. The van der Waals surface area contributed by atoms with Crippen LogP contribution in [0.1, 0.15) is 5.56 Å². The predicted molar refractivity (Wildman–Crippen MR) is 109 cm³/mol. The number of hydrogen-bond acceptors (Lipinski definition) is 6. The van der Waals surface area contributed by atoms with Crippen molar-refractivity contribution in [1.82, 2.24) is 9.62 Å². The molecule has 2 aliphatic heterocycles. The fourth-order valence-electron chi connectivity index (χ4n) is 3.36. The minimum atomic E-state index is -3.50. The van der Waals surface area contributed by atoms with Gasteiger partial charge < -0.3 is 19.5 Å². The lowest BCUT2D eigenvalue weighted by atomic mass is 10.1. The summed E-state index contributed by atoms with van der Waals surface area (Å²) in [6, 6.07) is 14.0. The first-order chi connectivity index (χ1) is 14.5. The highest BCUT2D eigenvalue weighted by molar-refractivity contribution is 7.89. The Balaban J connectivity index is 1.28. The van der Waals surface area contributed by atoms with Gasteiger partial charge in [0.1, 0.15) is 6.61 Å². The lowest BCUT2D eigenvalue weighted by molar-refractivity contribution is -0.130. The largest absolute Gasteiger partial charge is 0.485 e. The van der Waals surface area contributed by atoms with Crippen molar-refractivity contribution < 1.29 is 27.4 Å². The Morgan fingerprint density at radius 1 is 1.03 bits per heavy atom. The molecule has 0 aliphatic carbocycles. The lowest BCUT2D eigenvalue weighted by Gasteiger charge is -2.26. The molecule has 1 unspecified atom stereocenters. The average Bonchev–Trinajstić information content (AvgIpc) is 2.79. The van der Waals surface area contributed by atoms with Gasteiger partial charge >= 0.3 is 0 Å². The van der Waals surface area contributed by atoms with Gasteiger partial charge in [0.2, 0.25) is 16.1 Å². The van der Waals surface area contributed by atoms with Gasteiger partial charge in [-0.05, 0) is 36.2 Å². The number of carbonyl (C=O) groups excluding carboxylic acids is 1. The van der Waals surface area contributed by atoms with Crippen molar-refractivity contribution in [2.24, 2.45) is 0 Å². The molecule has 0 bridgehead atoms. The fraction of sp³-hybridized carbons (Fsp3) is 0.381. The zero-order valence-corrected chi connectivity index (χ0v) is 17.3. The maximum Gasteiger partial charge on any atom is 0.264 e. The van der Waals surface area contributed by atoms with Gasteiger partial charge in [-0.3, -0.25) is 4.79 Å². The van der Waals surface area contributed by atoms with Gasteiger partial charge in [-0.25, -0.2) is 8.42 Å². The van der Waals surface area contributed by atoms with E-state index in [0.29, 0.717) is 50.8 Å². The Bertz CT molecular complexity index is 987. The molecule has 1 fully saturated rings. The Kier molecular flexibility index (Phi) is 6.21. The third-order valence-electron chi connectivity index (χ3n) is 5.05. The summed E-state index contributed by atoms with van der Waals surface area (Å²) in [6.07, 6.45) is -0.116. The Morgan fingerprint density at radius 3 is 2.47 bits per heavy atom.